The van der Waals surface area contributed by atoms with Crippen molar-refractivity contribution in [1.29, 1.82) is 0 Å². The zero-order valence-electron chi connectivity index (χ0n) is 14.2. The Morgan fingerprint density at radius 2 is 1.62 bits per heavy atom. The number of benzene rings is 2. The fourth-order valence-electron chi connectivity index (χ4n) is 2.40. The summed E-state index contributed by atoms with van der Waals surface area (Å²) in [7, 11) is 0. The smallest absolute Gasteiger partial charge is 0.291 e. The van der Waals surface area contributed by atoms with Crippen LogP contribution in [0, 0.1) is 0 Å². The Bertz CT molecular complexity index is 890. The van der Waals surface area contributed by atoms with Crippen LogP contribution in [-0.4, -0.2) is 18.1 Å². The van der Waals surface area contributed by atoms with Crippen molar-refractivity contribution in [2.45, 2.75) is 5.75 Å². The molecule has 0 aliphatic rings. The Morgan fingerprint density at radius 1 is 0.923 bits per heavy atom. The van der Waals surface area contributed by atoms with Gasteiger partial charge in [-0.25, -0.2) is 0 Å². The van der Waals surface area contributed by atoms with Crippen molar-refractivity contribution in [3.8, 4) is 0 Å². The van der Waals surface area contributed by atoms with Crippen LogP contribution in [0.5, 0.6) is 0 Å². The van der Waals surface area contributed by atoms with Crippen LogP contribution in [0.1, 0.15) is 26.5 Å². The van der Waals surface area contributed by atoms with E-state index in [1.54, 1.807) is 48.2 Å². The van der Waals surface area contributed by atoms with E-state index in [1.807, 2.05) is 30.5 Å². The molecule has 0 spiro atoms. The van der Waals surface area contributed by atoms with Gasteiger partial charge in [0, 0.05) is 22.7 Å². The number of amides is 2. The largest absolute Gasteiger partial charge is 0.459 e. The minimum absolute atomic E-state index is 0.199. The number of hydrogen-bond acceptors (Lipinski definition) is 4. The van der Waals surface area contributed by atoms with E-state index < -0.39 is 0 Å². The van der Waals surface area contributed by atoms with Crippen molar-refractivity contribution in [1.82, 2.24) is 0 Å². The molecule has 1 heterocycles. The minimum atomic E-state index is -0.345. The van der Waals surface area contributed by atoms with E-state index in [0.717, 1.165) is 5.75 Å². The van der Waals surface area contributed by atoms with Crippen molar-refractivity contribution in [2.24, 2.45) is 0 Å². The molecule has 3 aromatic rings. The van der Waals surface area contributed by atoms with Crippen LogP contribution < -0.4 is 10.6 Å². The number of thioether (sulfide) groups is 1. The highest BCUT2D eigenvalue weighted by Crippen LogP contribution is 2.18. The minimum Gasteiger partial charge on any atom is -0.459 e. The molecule has 6 heteroatoms. The summed E-state index contributed by atoms with van der Waals surface area (Å²) in [6, 6.07) is 17.7. The lowest BCUT2D eigenvalue weighted by atomic mass is 10.1. The molecule has 0 saturated carbocycles. The van der Waals surface area contributed by atoms with Gasteiger partial charge in [0.25, 0.3) is 11.8 Å². The van der Waals surface area contributed by atoms with Crippen LogP contribution in [0.25, 0.3) is 0 Å². The highest BCUT2D eigenvalue weighted by Gasteiger charge is 2.10. The topological polar surface area (TPSA) is 71.3 Å². The highest BCUT2D eigenvalue weighted by atomic mass is 32.2. The zero-order valence-corrected chi connectivity index (χ0v) is 15.0. The fraction of sp³-hybridized carbons (Fsp3) is 0.100. The second kappa shape index (κ2) is 8.40. The average molecular weight is 366 g/mol. The maximum absolute atomic E-state index is 12.4. The number of hydrogen-bond donors (Lipinski definition) is 2. The summed E-state index contributed by atoms with van der Waals surface area (Å²) in [5.74, 6) is 0.599. The summed E-state index contributed by atoms with van der Waals surface area (Å²) >= 11 is 1.74. The molecule has 132 valence electrons. The third-order valence-corrected chi connectivity index (χ3v) is 4.27. The number of nitrogens with one attached hydrogen (secondary N) is 2. The Labute approximate surface area is 155 Å². The lowest BCUT2D eigenvalue weighted by Gasteiger charge is -2.09. The molecule has 0 atom stereocenters. The van der Waals surface area contributed by atoms with Gasteiger partial charge in [-0.3, -0.25) is 9.59 Å². The van der Waals surface area contributed by atoms with Crippen LogP contribution in [0.2, 0.25) is 0 Å². The van der Waals surface area contributed by atoms with E-state index in [2.05, 4.69) is 10.6 Å². The number of carbonyl (C=O) groups excluding carboxylic acids is 2. The van der Waals surface area contributed by atoms with E-state index in [9.17, 15) is 9.59 Å². The number of carbonyl (C=O) groups is 2. The summed E-state index contributed by atoms with van der Waals surface area (Å²) in [4.78, 5) is 24.4. The van der Waals surface area contributed by atoms with E-state index >= 15 is 0 Å². The Balaban J connectivity index is 1.66. The summed E-state index contributed by atoms with van der Waals surface area (Å²) in [6.07, 6.45) is 3.48. The van der Waals surface area contributed by atoms with E-state index in [0.29, 0.717) is 16.9 Å². The Kier molecular flexibility index (Phi) is 5.76. The third kappa shape index (κ3) is 4.55. The molecule has 2 amide bonds. The van der Waals surface area contributed by atoms with Gasteiger partial charge in [-0.1, -0.05) is 18.2 Å². The van der Waals surface area contributed by atoms with Gasteiger partial charge in [-0.05, 0) is 54.3 Å². The molecule has 0 saturated heterocycles. The first-order chi connectivity index (χ1) is 12.7. The fourth-order valence-corrected chi connectivity index (χ4v) is 2.92. The predicted octanol–water partition coefficient (Wildman–Crippen LogP) is 4.65. The van der Waals surface area contributed by atoms with Crippen molar-refractivity contribution in [2.75, 3.05) is 16.9 Å². The maximum Gasteiger partial charge on any atom is 0.291 e. The molecule has 2 aromatic carbocycles. The van der Waals surface area contributed by atoms with Crippen LogP contribution in [0.3, 0.4) is 0 Å². The molecule has 0 aliphatic carbocycles. The molecule has 0 radical (unpaired) electrons. The first kappa shape index (κ1) is 17.8. The number of anilines is 2. The van der Waals surface area contributed by atoms with Gasteiger partial charge in [0.2, 0.25) is 0 Å². The Morgan fingerprint density at radius 3 is 2.23 bits per heavy atom. The lowest BCUT2D eigenvalue weighted by molar-refractivity contribution is 0.0995. The first-order valence-electron chi connectivity index (χ1n) is 8.00. The molecule has 0 aliphatic heterocycles. The van der Waals surface area contributed by atoms with Gasteiger partial charge in [0.1, 0.15) is 0 Å². The van der Waals surface area contributed by atoms with Gasteiger partial charge in [0.05, 0.1) is 6.26 Å². The lowest BCUT2D eigenvalue weighted by Crippen LogP contribution is -2.13. The van der Waals surface area contributed by atoms with Crippen LogP contribution in [0.4, 0.5) is 11.4 Å². The van der Waals surface area contributed by atoms with E-state index in [-0.39, 0.29) is 17.6 Å². The second-order valence-electron chi connectivity index (χ2n) is 5.60. The molecule has 26 heavy (non-hydrogen) atoms. The van der Waals surface area contributed by atoms with Crippen molar-refractivity contribution < 1.29 is 14.0 Å². The first-order valence-corrected chi connectivity index (χ1v) is 9.39. The van der Waals surface area contributed by atoms with Crippen LogP contribution >= 0.6 is 11.8 Å². The summed E-state index contributed by atoms with van der Waals surface area (Å²) in [5, 5.41) is 5.57. The monoisotopic (exact) mass is 366 g/mol. The van der Waals surface area contributed by atoms with Crippen LogP contribution in [-0.2, 0) is 5.75 Å². The Hall–Kier alpha value is -2.99. The summed E-state index contributed by atoms with van der Waals surface area (Å²) in [6.45, 7) is 0. The van der Waals surface area contributed by atoms with Crippen LogP contribution in [0.15, 0.2) is 71.3 Å². The third-order valence-electron chi connectivity index (χ3n) is 3.65. The van der Waals surface area contributed by atoms with Gasteiger partial charge in [-0.2, -0.15) is 11.8 Å². The molecule has 0 bridgehead atoms. The van der Waals surface area contributed by atoms with Gasteiger partial charge in [-0.15, -0.1) is 0 Å². The molecule has 0 fully saturated rings. The molecule has 1 aromatic heterocycles. The van der Waals surface area contributed by atoms with Crippen molar-refractivity contribution in [3.63, 3.8) is 0 Å². The normalized spacial score (nSPS) is 10.3. The molecular formula is C20H18N2O3S. The molecular weight excluding hydrogens is 348 g/mol. The number of furan rings is 1. The summed E-state index contributed by atoms with van der Waals surface area (Å²) < 4.78 is 5.06. The molecule has 0 unspecified atom stereocenters. The SMILES string of the molecule is CSCc1ccc(C(=O)Nc2cccc(NC(=O)c3ccco3)c2)cc1. The van der Waals surface area contributed by atoms with Gasteiger partial charge >= 0.3 is 0 Å². The zero-order chi connectivity index (χ0) is 18.4. The maximum atomic E-state index is 12.4. The number of rotatable bonds is 6. The van der Waals surface area contributed by atoms with E-state index in [1.165, 1.54) is 11.8 Å². The van der Waals surface area contributed by atoms with Gasteiger partial charge in [0.15, 0.2) is 5.76 Å². The van der Waals surface area contributed by atoms with Crippen molar-refractivity contribution in [3.05, 3.63) is 83.8 Å². The summed E-state index contributed by atoms with van der Waals surface area (Å²) in [5.41, 5.74) is 2.93. The molecule has 2 N–H and O–H groups in total. The predicted molar refractivity (Wildman–Crippen MR) is 105 cm³/mol. The van der Waals surface area contributed by atoms with Gasteiger partial charge < -0.3 is 15.1 Å². The standard InChI is InChI=1S/C20H18N2O3S/c1-26-13-14-7-9-15(10-8-14)19(23)21-16-4-2-5-17(12-16)22-20(24)18-6-3-11-25-18/h2-12H,13H2,1H3,(H,21,23)(H,22,24). The van der Waals surface area contributed by atoms with E-state index in [4.69, 9.17) is 4.42 Å². The van der Waals surface area contributed by atoms with Crippen molar-refractivity contribution >= 4 is 35.0 Å². The quantitative estimate of drug-likeness (QED) is 0.666. The highest BCUT2D eigenvalue weighted by molar-refractivity contribution is 7.97. The molecule has 3 rings (SSSR count). The molecule has 5 nitrogen and oxygen atoms in total. The average Bonchev–Trinajstić information content (AvgIpc) is 3.18. The second-order valence-corrected chi connectivity index (χ2v) is 6.46.